The number of carbonyl (C=O) groups excluding carboxylic acids is 3. The SMILES string of the molecule is NC(=O)[C@@H]1CS[C@H]2C[C@@H](NC(=O)OCc3ccccc3)C(=O)N21. The number of fused-ring (bicyclic) bond motifs is 1. The number of thioether (sulfide) groups is 1. The molecule has 2 aliphatic heterocycles. The highest BCUT2D eigenvalue weighted by molar-refractivity contribution is 8.00. The summed E-state index contributed by atoms with van der Waals surface area (Å²) in [7, 11) is 0. The van der Waals surface area contributed by atoms with Gasteiger partial charge in [-0.2, -0.15) is 0 Å². The third-order valence-electron chi connectivity index (χ3n) is 3.92. The Hall–Kier alpha value is -2.22. The van der Waals surface area contributed by atoms with Crippen molar-refractivity contribution in [2.45, 2.75) is 30.5 Å². The van der Waals surface area contributed by atoms with E-state index in [0.717, 1.165) is 5.56 Å². The van der Waals surface area contributed by atoms with Gasteiger partial charge in [-0.3, -0.25) is 9.59 Å². The van der Waals surface area contributed by atoms with Crippen molar-refractivity contribution < 1.29 is 19.1 Å². The second kappa shape index (κ2) is 6.49. The summed E-state index contributed by atoms with van der Waals surface area (Å²) in [6.07, 6.45) is -0.192. The van der Waals surface area contributed by atoms with Crippen LogP contribution in [0.2, 0.25) is 0 Å². The Kier molecular flexibility index (Phi) is 4.42. The largest absolute Gasteiger partial charge is 0.445 e. The summed E-state index contributed by atoms with van der Waals surface area (Å²) in [5.41, 5.74) is 6.18. The lowest BCUT2D eigenvalue weighted by Crippen LogP contribution is -2.48. The van der Waals surface area contributed by atoms with E-state index in [9.17, 15) is 14.4 Å². The van der Waals surface area contributed by atoms with Crippen molar-refractivity contribution in [2.24, 2.45) is 5.73 Å². The van der Waals surface area contributed by atoms with E-state index >= 15 is 0 Å². The summed E-state index contributed by atoms with van der Waals surface area (Å²) in [5.74, 6) is -0.280. The van der Waals surface area contributed by atoms with Gasteiger partial charge < -0.3 is 20.7 Å². The lowest BCUT2D eigenvalue weighted by Gasteiger charge is -2.20. The summed E-state index contributed by atoms with van der Waals surface area (Å²) < 4.78 is 5.12. The number of amides is 3. The van der Waals surface area contributed by atoms with E-state index < -0.39 is 24.1 Å². The summed E-state index contributed by atoms with van der Waals surface area (Å²) >= 11 is 1.51. The highest BCUT2D eigenvalue weighted by Gasteiger charge is 2.49. The van der Waals surface area contributed by atoms with Crippen LogP contribution in [-0.4, -0.2) is 46.0 Å². The average Bonchev–Trinajstić information content (AvgIpc) is 3.08. The molecule has 3 amide bonds. The second-order valence-electron chi connectivity index (χ2n) is 5.45. The number of carbonyl (C=O) groups is 3. The fourth-order valence-corrected chi connectivity index (χ4v) is 4.24. The fraction of sp³-hybridized carbons (Fsp3) is 0.400. The number of nitrogens with zero attached hydrogens (tertiary/aromatic N) is 1. The molecule has 23 heavy (non-hydrogen) atoms. The van der Waals surface area contributed by atoms with E-state index in [0.29, 0.717) is 12.2 Å². The van der Waals surface area contributed by atoms with Crippen LogP contribution >= 0.6 is 11.8 Å². The van der Waals surface area contributed by atoms with Crippen LogP contribution in [0.1, 0.15) is 12.0 Å². The van der Waals surface area contributed by atoms with Gasteiger partial charge in [-0.25, -0.2) is 4.79 Å². The van der Waals surface area contributed by atoms with Crippen molar-refractivity contribution in [1.82, 2.24) is 10.2 Å². The molecule has 3 rings (SSSR count). The molecular weight excluding hydrogens is 318 g/mol. The van der Waals surface area contributed by atoms with E-state index in [1.54, 1.807) is 0 Å². The molecule has 1 aromatic rings. The molecule has 2 aliphatic rings. The van der Waals surface area contributed by atoms with E-state index in [2.05, 4.69) is 5.32 Å². The molecule has 3 N–H and O–H groups in total. The van der Waals surface area contributed by atoms with Gasteiger partial charge in [0.25, 0.3) is 0 Å². The molecule has 0 saturated carbocycles. The minimum absolute atomic E-state index is 0.112. The van der Waals surface area contributed by atoms with Gasteiger partial charge >= 0.3 is 6.09 Å². The van der Waals surface area contributed by atoms with Crippen LogP contribution in [0.4, 0.5) is 4.79 Å². The van der Waals surface area contributed by atoms with Crippen molar-refractivity contribution in [3.8, 4) is 0 Å². The van der Waals surface area contributed by atoms with Gasteiger partial charge in [-0.05, 0) is 5.56 Å². The quantitative estimate of drug-likeness (QED) is 0.831. The second-order valence-corrected chi connectivity index (χ2v) is 6.66. The summed E-state index contributed by atoms with van der Waals surface area (Å²) in [6.45, 7) is 0.138. The van der Waals surface area contributed by atoms with Gasteiger partial charge in [-0.15, -0.1) is 11.8 Å². The van der Waals surface area contributed by atoms with Crippen LogP contribution in [0.3, 0.4) is 0 Å². The molecule has 2 fully saturated rings. The minimum atomic E-state index is -0.669. The lowest BCUT2D eigenvalue weighted by molar-refractivity contribution is -0.136. The summed E-state index contributed by atoms with van der Waals surface area (Å²) in [6, 6.07) is 8.01. The number of hydrogen-bond acceptors (Lipinski definition) is 5. The van der Waals surface area contributed by atoms with Gasteiger partial charge in [0.05, 0.1) is 5.37 Å². The molecule has 8 heteroatoms. The zero-order valence-electron chi connectivity index (χ0n) is 12.3. The van der Waals surface area contributed by atoms with Crippen LogP contribution in [0.25, 0.3) is 0 Å². The first-order valence-electron chi connectivity index (χ1n) is 7.26. The molecule has 122 valence electrons. The number of nitrogens with one attached hydrogen (secondary N) is 1. The van der Waals surface area contributed by atoms with Crippen molar-refractivity contribution in [2.75, 3.05) is 5.75 Å². The first-order chi connectivity index (χ1) is 11.1. The Bertz CT molecular complexity index is 624. The maximum Gasteiger partial charge on any atom is 0.408 e. The number of benzene rings is 1. The predicted molar refractivity (Wildman–Crippen MR) is 84.2 cm³/mol. The maximum atomic E-state index is 12.3. The van der Waals surface area contributed by atoms with Crippen molar-refractivity contribution in [3.63, 3.8) is 0 Å². The monoisotopic (exact) mass is 335 g/mol. The molecule has 0 bridgehead atoms. The van der Waals surface area contributed by atoms with Crippen LogP contribution in [0.5, 0.6) is 0 Å². The molecular formula is C15H17N3O4S. The van der Waals surface area contributed by atoms with E-state index in [-0.39, 0.29) is 17.9 Å². The third kappa shape index (κ3) is 3.26. The molecule has 1 aromatic carbocycles. The highest BCUT2D eigenvalue weighted by Crippen LogP contribution is 2.37. The van der Waals surface area contributed by atoms with Gasteiger partial charge in [0.15, 0.2) is 0 Å². The molecule has 0 radical (unpaired) electrons. The zero-order valence-corrected chi connectivity index (χ0v) is 13.1. The average molecular weight is 335 g/mol. The molecule has 2 saturated heterocycles. The summed E-state index contributed by atoms with van der Waals surface area (Å²) in [5, 5.41) is 2.46. The Morgan fingerprint density at radius 1 is 1.35 bits per heavy atom. The molecule has 7 nitrogen and oxygen atoms in total. The van der Waals surface area contributed by atoms with E-state index in [1.807, 2.05) is 30.3 Å². The Morgan fingerprint density at radius 3 is 2.78 bits per heavy atom. The first kappa shape index (κ1) is 15.7. The minimum Gasteiger partial charge on any atom is -0.445 e. The molecule has 0 aliphatic carbocycles. The zero-order chi connectivity index (χ0) is 16.4. The molecule has 3 atom stereocenters. The predicted octanol–water partition coefficient (Wildman–Crippen LogP) is 0.440. The first-order valence-corrected chi connectivity index (χ1v) is 8.31. The van der Waals surface area contributed by atoms with Gasteiger partial charge in [0.2, 0.25) is 11.8 Å². The molecule has 0 unspecified atom stereocenters. The smallest absolute Gasteiger partial charge is 0.408 e. The van der Waals surface area contributed by atoms with Crippen LogP contribution < -0.4 is 11.1 Å². The normalized spacial score (nSPS) is 26.0. The molecule has 2 heterocycles. The summed E-state index contributed by atoms with van der Waals surface area (Å²) in [4.78, 5) is 37.1. The van der Waals surface area contributed by atoms with Crippen LogP contribution in [0.15, 0.2) is 30.3 Å². The number of hydrogen-bond donors (Lipinski definition) is 2. The lowest BCUT2D eigenvalue weighted by atomic mass is 10.2. The van der Waals surface area contributed by atoms with Crippen LogP contribution in [-0.2, 0) is 20.9 Å². The third-order valence-corrected chi connectivity index (χ3v) is 5.23. The van der Waals surface area contributed by atoms with Gasteiger partial charge in [0, 0.05) is 12.2 Å². The Balaban J connectivity index is 1.54. The fourth-order valence-electron chi connectivity index (χ4n) is 2.77. The van der Waals surface area contributed by atoms with Crippen molar-refractivity contribution >= 4 is 29.7 Å². The van der Waals surface area contributed by atoms with Crippen molar-refractivity contribution in [1.29, 1.82) is 0 Å². The number of ether oxygens (including phenoxy) is 1. The number of alkyl carbamates (subject to hydrolysis) is 1. The van der Waals surface area contributed by atoms with Gasteiger partial charge in [0.1, 0.15) is 18.7 Å². The topological polar surface area (TPSA) is 102 Å². The molecule has 0 spiro atoms. The number of rotatable bonds is 4. The van der Waals surface area contributed by atoms with Crippen molar-refractivity contribution in [3.05, 3.63) is 35.9 Å². The highest BCUT2D eigenvalue weighted by atomic mass is 32.2. The number of primary amides is 1. The maximum absolute atomic E-state index is 12.3. The Morgan fingerprint density at radius 2 is 2.09 bits per heavy atom. The van der Waals surface area contributed by atoms with Crippen LogP contribution in [0, 0.1) is 0 Å². The molecule has 0 aromatic heterocycles. The van der Waals surface area contributed by atoms with E-state index in [1.165, 1.54) is 16.7 Å². The Labute approximate surface area is 137 Å². The van der Waals surface area contributed by atoms with E-state index in [4.69, 9.17) is 10.5 Å². The standard InChI is InChI=1S/C15H17N3O4S/c16-13(19)11-8-23-12-6-10(14(20)18(11)12)17-15(21)22-7-9-4-2-1-3-5-9/h1-5,10-12H,6-8H2,(H2,16,19)(H,17,21)/t10-,11+,12+/m1/s1. The van der Waals surface area contributed by atoms with Gasteiger partial charge in [-0.1, -0.05) is 30.3 Å². The number of nitrogens with two attached hydrogens (primary N) is 1.